The van der Waals surface area contributed by atoms with Gasteiger partial charge in [-0.1, -0.05) is 61.5 Å². The van der Waals surface area contributed by atoms with E-state index in [2.05, 4.69) is 54.3 Å². The summed E-state index contributed by atoms with van der Waals surface area (Å²) in [5, 5.41) is 0. The highest BCUT2D eigenvalue weighted by atomic mass is 16.1. The minimum absolute atomic E-state index is 0.105. The summed E-state index contributed by atoms with van der Waals surface area (Å²) in [6.07, 6.45) is 3.41. The molecule has 0 aromatic heterocycles. The van der Waals surface area contributed by atoms with Gasteiger partial charge in [0.2, 0.25) is 0 Å². The molecule has 24 heavy (non-hydrogen) atoms. The maximum atomic E-state index is 12.7. The SMILES string of the molecule is CC1C(=O)c2ccccc2CC1N1CCC(c2ccccc2)CC1. The molecule has 0 radical (unpaired) electrons. The topological polar surface area (TPSA) is 20.3 Å². The number of Topliss-reactive ketones (excluding diaryl/α,β-unsaturated/α-hetero) is 1. The molecule has 2 unspecified atom stereocenters. The molecule has 1 heterocycles. The van der Waals surface area contributed by atoms with Gasteiger partial charge in [0.25, 0.3) is 0 Å². The summed E-state index contributed by atoms with van der Waals surface area (Å²) in [6.45, 7) is 4.32. The van der Waals surface area contributed by atoms with Crippen LogP contribution >= 0.6 is 0 Å². The van der Waals surface area contributed by atoms with Gasteiger partial charge in [0.15, 0.2) is 5.78 Å². The predicted molar refractivity (Wildman–Crippen MR) is 97.4 cm³/mol. The van der Waals surface area contributed by atoms with Crippen LogP contribution in [0.1, 0.15) is 47.2 Å². The highest BCUT2D eigenvalue weighted by Crippen LogP contribution is 2.34. The van der Waals surface area contributed by atoms with Crippen molar-refractivity contribution >= 4 is 5.78 Å². The maximum absolute atomic E-state index is 12.7. The number of benzene rings is 2. The molecule has 1 fully saturated rings. The summed E-state index contributed by atoms with van der Waals surface area (Å²) >= 11 is 0. The van der Waals surface area contributed by atoms with Crippen LogP contribution in [0.25, 0.3) is 0 Å². The lowest BCUT2D eigenvalue weighted by molar-refractivity contribution is 0.0707. The summed E-state index contributed by atoms with van der Waals surface area (Å²) in [5.74, 6) is 1.10. The van der Waals surface area contributed by atoms with E-state index < -0.39 is 0 Å². The van der Waals surface area contributed by atoms with Crippen molar-refractivity contribution in [3.8, 4) is 0 Å². The Morgan fingerprint density at radius 2 is 1.58 bits per heavy atom. The van der Waals surface area contributed by atoms with Crippen molar-refractivity contribution in [1.29, 1.82) is 0 Å². The number of hydrogen-bond donors (Lipinski definition) is 0. The molecule has 124 valence electrons. The van der Waals surface area contributed by atoms with Gasteiger partial charge in [0.1, 0.15) is 0 Å². The Labute approximate surface area is 144 Å². The normalized spacial score (nSPS) is 25.5. The molecule has 1 saturated heterocycles. The Balaban J connectivity index is 1.47. The van der Waals surface area contributed by atoms with Crippen LogP contribution in [0.15, 0.2) is 54.6 Å². The fraction of sp³-hybridized carbons (Fsp3) is 0.409. The second kappa shape index (κ2) is 6.52. The maximum Gasteiger partial charge on any atom is 0.167 e. The number of ketones is 1. The molecule has 2 heteroatoms. The fourth-order valence-corrected chi connectivity index (χ4v) is 4.50. The number of fused-ring (bicyclic) bond motifs is 1. The Hall–Kier alpha value is -1.93. The fourth-order valence-electron chi connectivity index (χ4n) is 4.50. The molecule has 2 aromatic rings. The van der Waals surface area contributed by atoms with Crippen LogP contribution in [0.5, 0.6) is 0 Å². The average Bonchev–Trinajstić information content (AvgIpc) is 2.66. The predicted octanol–water partition coefficient (Wildman–Crippen LogP) is 4.31. The first-order valence-electron chi connectivity index (χ1n) is 9.15. The van der Waals surface area contributed by atoms with Crippen molar-refractivity contribution in [2.24, 2.45) is 5.92 Å². The van der Waals surface area contributed by atoms with Crippen molar-refractivity contribution < 1.29 is 4.79 Å². The van der Waals surface area contributed by atoms with Gasteiger partial charge in [-0.05, 0) is 49.4 Å². The molecule has 0 spiro atoms. The first-order valence-corrected chi connectivity index (χ1v) is 9.15. The van der Waals surface area contributed by atoms with Crippen LogP contribution < -0.4 is 0 Å². The van der Waals surface area contributed by atoms with Crippen LogP contribution in [-0.2, 0) is 6.42 Å². The van der Waals surface area contributed by atoms with Crippen LogP contribution in [0.4, 0.5) is 0 Å². The van der Waals surface area contributed by atoms with Gasteiger partial charge < -0.3 is 0 Å². The smallest absolute Gasteiger partial charge is 0.167 e. The molecular formula is C22H25NO. The molecule has 2 aromatic carbocycles. The van der Waals surface area contributed by atoms with E-state index in [1.54, 1.807) is 0 Å². The van der Waals surface area contributed by atoms with Gasteiger partial charge in [-0.25, -0.2) is 0 Å². The monoisotopic (exact) mass is 319 g/mol. The van der Waals surface area contributed by atoms with E-state index in [0.29, 0.717) is 17.7 Å². The number of carbonyl (C=O) groups excluding carboxylic acids is 1. The standard InChI is InChI=1S/C22H25NO/c1-16-21(15-19-9-5-6-10-20(19)22(16)24)23-13-11-18(12-14-23)17-7-3-2-4-8-17/h2-10,16,18,21H,11-15H2,1H3. The summed E-state index contributed by atoms with van der Waals surface area (Å²) in [4.78, 5) is 15.3. The van der Waals surface area contributed by atoms with E-state index >= 15 is 0 Å². The van der Waals surface area contributed by atoms with Crippen LogP contribution in [0.2, 0.25) is 0 Å². The molecule has 0 N–H and O–H groups in total. The molecule has 0 saturated carbocycles. The second-order valence-corrected chi connectivity index (χ2v) is 7.30. The molecule has 2 nitrogen and oxygen atoms in total. The summed E-state index contributed by atoms with van der Waals surface area (Å²) in [5.41, 5.74) is 3.64. The highest BCUT2D eigenvalue weighted by molar-refractivity contribution is 6.00. The zero-order valence-electron chi connectivity index (χ0n) is 14.3. The van der Waals surface area contributed by atoms with Gasteiger partial charge in [-0.3, -0.25) is 9.69 Å². The van der Waals surface area contributed by atoms with Crippen molar-refractivity contribution in [2.45, 2.75) is 38.1 Å². The van der Waals surface area contributed by atoms with Gasteiger partial charge in [-0.15, -0.1) is 0 Å². The Kier molecular flexibility index (Phi) is 4.24. The number of nitrogens with zero attached hydrogens (tertiary/aromatic N) is 1. The molecule has 0 bridgehead atoms. The first kappa shape index (κ1) is 15.6. The van der Waals surface area contributed by atoms with Crippen molar-refractivity contribution in [1.82, 2.24) is 4.90 Å². The first-order chi connectivity index (χ1) is 11.7. The third kappa shape index (κ3) is 2.80. The van der Waals surface area contributed by atoms with Gasteiger partial charge in [0, 0.05) is 17.5 Å². The number of likely N-dealkylation sites (tertiary alicyclic amines) is 1. The highest BCUT2D eigenvalue weighted by Gasteiger charge is 2.37. The zero-order valence-corrected chi connectivity index (χ0v) is 14.3. The Morgan fingerprint density at radius 3 is 2.33 bits per heavy atom. The minimum Gasteiger partial charge on any atom is -0.299 e. The van der Waals surface area contributed by atoms with E-state index in [1.165, 1.54) is 24.0 Å². The number of piperidine rings is 1. The van der Waals surface area contributed by atoms with E-state index in [1.807, 2.05) is 12.1 Å². The van der Waals surface area contributed by atoms with Crippen LogP contribution in [0.3, 0.4) is 0 Å². The lowest BCUT2D eigenvalue weighted by atomic mass is 9.78. The van der Waals surface area contributed by atoms with Gasteiger partial charge >= 0.3 is 0 Å². The van der Waals surface area contributed by atoms with E-state index in [-0.39, 0.29) is 5.92 Å². The lowest BCUT2D eigenvalue weighted by Crippen LogP contribution is -2.49. The summed E-state index contributed by atoms with van der Waals surface area (Å²) < 4.78 is 0. The van der Waals surface area contributed by atoms with Gasteiger partial charge in [0.05, 0.1) is 0 Å². The van der Waals surface area contributed by atoms with E-state index in [9.17, 15) is 4.79 Å². The van der Waals surface area contributed by atoms with Gasteiger partial charge in [-0.2, -0.15) is 0 Å². The number of hydrogen-bond acceptors (Lipinski definition) is 2. The van der Waals surface area contributed by atoms with Crippen LogP contribution in [-0.4, -0.2) is 29.8 Å². The average molecular weight is 319 g/mol. The second-order valence-electron chi connectivity index (χ2n) is 7.30. The zero-order chi connectivity index (χ0) is 16.5. The van der Waals surface area contributed by atoms with E-state index in [4.69, 9.17) is 0 Å². The van der Waals surface area contributed by atoms with Crippen molar-refractivity contribution in [3.63, 3.8) is 0 Å². The van der Waals surface area contributed by atoms with E-state index in [0.717, 1.165) is 25.1 Å². The third-order valence-electron chi connectivity index (χ3n) is 5.97. The summed E-state index contributed by atoms with van der Waals surface area (Å²) in [7, 11) is 0. The summed E-state index contributed by atoms with van der Waals surface area (Å²) in [6, 6.07) is 19.4. The molecule has 0 amide bonds. The molecule has 1 aliphatic heterocycles. The Morgan fingerprint density at radius 1 is 0.917 bits per heavy atom. The van der Waals surface area contributed by atoms with Crippen LogP contribution in [0, 0.1) is 5.92 Å². The number of rotatable bonds is 2. The molecular weight excluding hydrogens is 294 g/mol. The number of carbonyl (C=O) groups is 1. The lowest BCUT2D eigenvalue weighted by Gasteiger charge is -2.42. The molecule has 4 rings (SSSR count). The third-order valence-corrected chi connectivity index (χ3v) is 5.97. The quantitative estimate of drug-likeness (QED) is 0.822. The molecule has 2 aliphatic rings. The largest absolute Gasteiger partial charge is 0.299 e. The van der Waals surface area contributed by atoms with Crippen molar-refractivity contribution in [3.05, 3.63) is 71.3 Å². The van der Waals surface area contributed by atoms with Crippen molar-refractivity contribution in [2.75, 3.05) is 13.1 Å². The molecule has 1 aliphatic carbocycles. The Bertz CT molecular complexity index is 716. The minimum atomic E-state index is 0.105. The molecule has 2 atom stereocenters.